The summed E-state index contributed by atoms with van der Waals surface area (Å²) in [5.41, 5.74) is 7.69. The van der Waals surface area contributed by atoms with Gasteiger partial charge >= 0.3 is 0 Å². The van der Waals surface area contributed by atoms with E-state index >= 15 is 0 Å². The molecule has 0 radical (unpaired) electrons. The number of benzene rings is 1. The summed E-state index contributed by atoms with van der Waals surface area (Å²) < 4.78 is 0. The predicted octanol–water partition coefficient (Wildman–Crippen LogP) is 3.54. The van der Waals surface area contributed by atoms with Gasteiger partial charge in [-0.1, -0.05) is 45.0 Å². The Balaban J connectivity index is 2.18. The van der Waals surface area contributed by atoms with Crippen LogP contribution in [0.4, 0.5) is 0 Å². The van der Waals surface area contributed by atoms with Crippen LogP contribution < -0.4 is 5.73 Å². The first-order valence-corrected chi connectivity index (χ1v) is 6.55. The highest BCUT2D eigenvalue weighted by molar-refractivity contribution is 5.84. The van der Waals surface area contributed by atoms with Gasteiger partial charge in [0.1, 0.15) is 0 Å². The molecule has 96 valence electrons. The molecule has 0 bridgehead atoms. The van der Waals surface area contributed by atoms with Crippen molar-refractivity contribution in [3.63, 3.8) is 0 Å². The first-order chi connectivity index (χ1) is 8.48. The molecule has 1 heterocycles. The number of nitrogens with two attached hydrogens (primary N) is 1. The third-order valence-electron chi connectivity index (χ3n) is 3.59. The highest BCUT2D eigenvalue weighted by atomic mass is 14.7. The van der Waals surface area contributed by atoms with E-state index in [-0.39, 0.29) is 11.5 Å². The maximum Gasteiger partial charge on any atom is 0.0346 e. The molecule has 1 aromatic heterocycles. The summed E-state index contributed by atoms with van der Waals surface area (Å²) in [4.78, 5) is 4.31. The normalized spacial score (nSPS) is 13.8. The first kappa shape index (κ1) is 13.0. The van der Waals surface area contributed by atoms with E-state index < -0.39 is 0 Å². The minimum absolute atomic E-state index is 0.165. The minimum Gasteiger partial charge on any atom is -0.327 e. The molecule has 0 fully saturated rings. The number of nitrogens with zero attached hydrogens (tertiary/aromatic N) is 1. The monoisotopic (exact) mass is 242 g/mol. The molecule has 0 aliphatic heterocycles. The van der Waals surface area contributed by atoms with Crippen LogP contribution in [0.2, 0.25) is 0 Å². The van der Waals surface area contributed by atoms with Crippen molar-refractivity contribution in [2.75, 3.05) is 0 Å². The zero-order valence-corrected chi connectivity index (χ0v) is 11.5. The summed E-state index contributed by atoms with van der Waals surface area (Å²) >= 11 is 0. The van der Waals surface area contributed by atoms with Crippen LogP contribution in [0.5, 0.6) is 0 Å². The van der Waals surface area contributed by atoms with Gasteiger partial charge < -0.3 is 5.73 Å². The van der Waals surface area contributed by atoms with Gasteiger partial charge in [-0.05, 0) is 29.2 Å². The first-order valence-electron chi connectivity index (χ1n) is 6.55. The van der Waals surface area contributed by atoms with E-state index in [1.54, 1.807) is 0 Å². The second-order valence-electron chi connectivity index (χ2n) is 6.03. The number of hydrogen-bond acceptors (Lipinski definition) is 2. The average molecular weight is 242 g/mol. The third-order valence-corrected chi connectivity index (χ3v) is 3.59. The average Bonchev–Trinajstić information content (AvgIpc) is 2.34. The summed E-state index contributed by atoms with van der Waals surface area (Å²) in [6.45, 7) is 6.58. The molecule has 0 amide bonds. The lowest BCUT2D eigenvalue weighted by atomic mass is 9.84. The Hall–Kier alpha value is -1.41. The number of rotatable bonds is 3. The molecule has 2 nitrogen and oxygen atoms in total. The zero-order valence-electron chi connectivity index (χ0n) is 11.5. The van der Waals surface area contributed by atoms with Crippen LogP contribution in [0, 0.1) is 5.41 Å². The van der Waals surface area contributed by atoms with Gasteiger partial charge in [0.25, 0.3) is 0 Å². The largest absolute Gasteiger partial charge is 0.327 e. The molecule has 0 aliphatic rings. The van der Waals surface area contributed by atoms with Gasteiger partial charge in [-0.3, -0.25) is 4.98 Å². The van der Waals surface area contributed by atoms with E-state index in [0.717, 1.165) is 12.8 Å². The van der Waals surface area contributed by atoms with Gasteiger partial charge in [0.15, 0.2) is 0 Å². The van der Waals surface area contributed by atoms with Crippen molar-refractivity contribution in [1.29, 1.82) is 0 Å². The minimum atomic E-state index is 0.165. The quantitative estimate of drug-likeness (QED) is 0.894. The highest BCUT2D eigenvalue weighted by Crippen LogP contribution is 2.23. The lowest BCUT2D eigenvalue weighted by molar-refractivity contribution is 0.306. The van der Waals surface area contributed by atoms with Crippen molar-refractivity contribution < 1.29 is 0 Å². The van der Waals surface area contributed by atoms with E-state index in [4.69, 9.17) is 5.73 Å². The molecule has 0 saturated heterocycles. The van der Waals surface area contributed by atoms with Crippen molar-refractivity contribution >= 4 is 10.8 Å². The molecule has 18 heavy (non-hydrogen) atoms. The summed E-state index contributed by atoms with van der Waals surface area (Å²) in [5, 5.41) is 2.51. The smallest absolute Gasteiger partial charge is 0.0346 e. The predicted molar refractivity (Wildman–Crippen MR) is 77.5 cm³/mol. The Kier molecular flexibility index (Phi) is 3.67. The fourth-order valence-corrected chi connectivity index (χ4v) is 2.12. The molecular formula is C16H22N2. The van der Waals surface area contributed by atoms with Crippen LogP contribution in [0.25, 0.3) is 10.8 Å². The van der Waals surface area contributed by atoms with Gasteiger partial charge in [-0.25, -0.2) is 0 Å². The van der Waals surface area contributed by atoms with Gasteiger partial charge in [0, 0.05) is 23.8 Å². The van der Waals surface area contributed by atoms with Crippen molar-refractivity contribution in [3.8, 4) is 0 Å². The molecule has 2 heteroatoms. The molecule has 0 aliphatic carbocycles. The number of pyridine rings is 1. The maximum absolute atomic E-state index is 6.22. The van der Waals surface area contributed by atoms with E-state index in [9.17, 15) is 0 Å². The van der Waals surface area contributed by atoms with Gasteiger partial charge in [-0.15, -0.1) is 0 Å². The lowest BCUT2D eigenvalue weighted by Crippen LogP contribution is -2.35. The van der Waals surface area contributed by atoms with Crippen LogP contribution in [0.15, 0.2) is 36.7 Å². The second kappa shape index (κ2) is 5.07. The Morgan fingerprint density at radius 2 is 1.89 bits per heavy atom. The van der Waals surface area contributed by atoms with E-state index in [2.05, 4.69) is 50.0 Å². The van der Waals surface area contributed by atoms with Crippen LogP contribution in [-0.2, 0) is 6.42 Å². The number of aryl methyl sites for hydroxylation is 1. The molecular weight excluding hydrogens is 220 g/mol. The van der Waals surface area contributed by atoms with E-state index in [1.807, 2.05) is 12.4 Å². The molecule has 2 rings (SSSR count). The van der Waals surface area contributed by atoms with Gasteiger partial charge in [0.05, 0.1) is 0 Å². The molecule has 1 atom stereocenters. The Labute approximate surface area is 109 Å². The fraction of sp³-hybridized carbons (Fsp3) is 0.438. The van der Waals surface area contributed by atoms with Crippen LogP contribution in [0.3, 0.4) is 0 Å². The Bertz CT molecular complexity index is 521. The topological polar surface area (TPSA) is 38.9 Å². The number of hydrogen-bond donors (Lipinski definition) is 1. The third kappa shape index (κ3) is 2.88. The molecule has 1 unspecified atom stereocenters. The standard InChI is InChI=1S/C16H22N2/c1-16(2,3)15(17)9-8-13-11-18-10-12-6-4-5-7-14(12)13/h4-7,10-11,15H,8-9,17H2,1-3H3. The van der Waals surface area contributed by atoms with E-state index in [1.165, 1.54) is 16.3 Å². The van der Waals surface area contributed by atoms with Crippen LogP contribution in [-0.4, -0.2) is 11.0 Å². The highest BCUT2D eigenvalue weighted by Gasteiger charge is 2.20. The van der Waals surface area contributed by atoms with Crippen LogP contribution in [0.1, 0.15) is 32.8 Å². The van der Waals surface area contributed by atoms with Crippen molar-refractivity contribution in [1.82, 2.24) is 4.98 Å². The zero-order chi connectivity index (χ0) is 13.2. The van der Waals surface area contributed by atoms with Gasteiger partial charge in [-0.2, -0.15) is 0 Å². The number of fused-ring (bicyclic) bond motifs is 1. The molecule has 2 aromatic rings. The second-order valence-corrected chi connectivity index (χ2v) is 6.03. The summed E-state index contributed by atoms with van der Waals surface area (Å²) in [6, 6.07) is 8.62. The summed E-state index contributed by atoms with van der Waals surface area (Å²) in [5.74, 6) is 0. The van der Waals surface area contributed by atoms with Gasteiger partial charge in [0.2, 0.25) is 0 Å². The molecule has 2 N–H and O–H groups in total. The van der Waals surface area contributed by atoms with E-state index in [0.29, 0.717) is 0 Å². The summed E-state index contributed by atoms with van der Waals surface area (Å²) in [6.07, 6.45) is 5.88. The fourth-order valence-electron chi connectivity index (χ4n) is 2.12. The summed E-state index contributed by atoms with van der Waals surface area (Å²) in [7, 11) is 0. The van der Waals surface area contributed by atoms with Crippen LogP contribution >= 0.6 is 0 Å². The Morgan fingerprint density at radius 1 is 1.17 bits per heavy atom. The van der Waals surface area contributed by atoms with Crippen molar-refractivity contribution in [2.24, 2.45) is 11.1 Å². The van der Waals surface area contributed by atoms with Crippen molar-refractivity contribution in [3.05, 3.63) is 42.2 Å². The maximum atomic E-state index is 6.22. The molecule has 1 aromatic carbocycles. The van der Waals surface area contributed by atoms with Crippen molar-refractivity contribution in [2.45, 2.75) is 39.7 Å². The molecule has 0 saturated carbocycles. The SMILES string of the molecule is CC(C)(C)C(N)CCc1cncc2ccccc12. The number of aromatic nitrogens is 1. The Morgan fingerprint density at radius 3 is 2.61 bits per heavy atom. The molecule has 0 spiro atoms. The lowest BCUT2D eigenvalue weighted by Gasteiger charge is -2.27.